The Morgan fingerprint density at radius 2 is 1.81 bits per heavy atom. The highest BCUT2D eigenvalue weighted by Crippen LogP contribution is 2.18. The van der Waals surface area contributed by atoms with Gasteiger partial charge in [0.15, 0.2) is 0 Å². The summed E-state index contributed by atoms with van der Waals surface area (Å²) in [5.74, 6) is 0.0146. The van der Waals surface area contributed by atoms with Gasteiger partial charge in [0.05, 0.1) is 5.92 Å². The van der Waals surface area contributed by atoms with Crippen LogP contribution in [0.4, 0.5) is 0 Å². The highest BCUT2D eigenvalue weighted by atomic mass is 16.2. The van der Waals surface area contributed by atoms with Crippen LogP contribution in [-0.4, -0.2) is 23.9 Å². The lowest BCUT2D eigenvalue weighted by atomic mass is 9.98. The number of rotatable bonds is 3. The number of carbonyl (C=O) groups is 1. The van der Waals surface area contributed by atoms with Crippen LogP contribution in [0.5, 0.6) is 0 Å². The summed E-state index contributed by atoms with van der Waals surface area (Å²) in [5.41, 5.74) is 1.99. The molecule has 0 aromatic heterocycles. The van der Waals surface area contributed by atoms with E-state index < -0.39 is 0 Å². The smallest absolute Gasteiger partial charge is 0.229 e. The summed E-state index contributed by atoms with van der Waals surface area (Å²) in [4.78, 5) is 13.9. The van der Waals surface area contributed by atoms with E-state index in [9.17, 15) is 4.79 Å². The van der Waals surface area contributed by atoms with E-state index in [-0.39, 0.29) is 24.8 Å². The number of likely N-dealkylation sites (N-methyl/N-ethyl adjacent to an activating group) is 1. The normalized spacial score (nSPS) is 13.4. The van der Waals surface area contributed by atoms with Crippen LogP contribution in [0.25, 0.3) is 0 Å². The van der Waals surface area contributed by atoms with Gasteiger partial charge >= 0.3 is 0 Å². The van der Waals surface area contributed by atoms with Gasteiger partial charge in [0, 0.05) is 14.5 Å². The zero-order chi connectivity index (χ0) is 13.0. The van der Waals surface area contributed by atoms with Crippen molar-refractivity contribution in [3.8, 4) is 0 Å². The van der Waals surface area contributed by atoms with Crippen molar-refractivity contribution in [1.29, 1.82) is 0 Å². The second-order valence-electron chi connectivity index (χ2n) is 4.51. The largest absolute Gasteiger partial charge is 0.343 e. The van der Waals surface area contributed by atoms with Crippen molar-refractivity contribution in [2.24, 2.45) is 0 Å². The maximum Gasteiger partial charge on any atom is 0.229 e. The molecule has 0 saturated heterocycles. The van der Waals surface area contributed by atoms with E-state index in [2.05, 4.69) is 0 Å². The molecule has 88 valence electrons. The number of nitrogens with zero attached hydrogens (tertiary/aromatic N) is 1. The summed E-state index contributed by atoms with van der Waals surface area (Å²) in [6.07, 6.45) is 0. The van der Waals surface area contributed by atoms with Gasteiger partial charge in [-0.25, -0.2) is 0 Å². The molecular weight excluding hydrogens is 198 g/mol. The monoisotopic (exact) mass is 220 g/mol. The number of benzene rings is 1. The molecule has 0 spiro atoms. The Hall–Kier alpha value is -1.31. The van der Waals surface area contributed by atoms with Crippen LogP contribution in [0.15, 0.2) is 24.3 Å². The molecule has 1 rings (SSSR count). The first-order valence-corrected chi connectivity index (χ1v) is 5.62. The minimum atomic E-state index is -0.123. The molecule has 1 atom stereocenters. The molecule has 0 aliphatic heterocycles. The first-order chi connectivity index (χ1) is 7.97. The molecular formula is C14H21NO. The van der Waals surface area contributed by atoms with Gasteiger partial charge in [0.1, 0.15) is 0 Å². The van der Waals surface area contributed by atoms with Crippen LogP contribution in [0.1, 0.15) is 39.2 Å². The molecule has 1 aromatic carbocycles. The topological polar surface area (TPSA) is 20.3 Å². The van der Waals surface area contributed by atoms with E-state index in [1.807, 2.05) is 52.1 Å². The Labute approximate surface area is 99.7 Å². The van der Waals surface area contributed by atoms with E-state index in [1.165, 1.54) is 0 Å². The summed E-state index contributed by atoms with van der Waals surface area (Å²) in [6.45, 7) is 6.23. The quantitative estimate of drug-likeness (QED) is 0.767. The number of hydrogen-bond acceptors (Lipinski definition) is 1. The lowest BCUT2D eigenvalue weighted by molar-refractivity contribution is -0.132. The molecule has 16 heavy (non-hydrogen) atoms. The van der Waals surface area contributed by atoms with Gasteiger partial charge in [-0.05, 0) is 33.2 Å². The molecule has 0 fully saturated rings. The van der Waals surface area contributed by atoms with Gasteiger partial charge in [-0.2, -0.15) is 0 Å². The molecule has 0 N–H and O–H groups in total. The molecule has 1 amide bonds. The number of hydrogen-bond donors (Lipinski definition) is 0. The van der Waals surface area contributed by atoms with E-state index in [0.29, 0.717) is 0 Å². The minimum Gasteiger partial charge on any atom is -0.343 e. The number of aryl methyl sites for hydroxylation is 1. The predicted octanol–water partition coefficient (Wildman–Crippen LogP) is 2.97. The van der Waals surface area contributed by atoms with Crippen molar-refractivity contribution < 1.29 is 6.17 Å². The first kappa shape index (κ1) is 11.2. The molecule has 0 aliphatic carbocycles. The van der Waals surface area contributed by atoms with E-state index in [4.69, 9.17) is 1.37 Å². The van der Waals surface area contributed by atoms with Crippen molar-refractivity contribution in [3.63, 3.8) is 0 Å². The molecule has 0 bridgehead atoms. The maximum atomic E-state index is 12.1. The fraction of sp³-hybridized carbons (Fsp3) is 0.500. The van der Waals surface area contributed by atoms with Crippen molar-refractivity contribution in [2.45, 2.75) is 39.6 Å². The molecule has 1 unspecified atom stereocenters. The summed E-state index contributed by atoms with van der Waals surface area (Å²) >= 11 is 0. The van der Waals surface area contributed by atoms with Gasteiger partial charge < -0.3 is 4.90 Å². The average molecular weight is 220 g/mol. The van der Waals surface area contributed by atoms with Gasteiger partial charge in [0.25, 0.3) is 0 Å². The Morgan fingerprint density at radius 1 is 1.25 bits per heavy atom. The van der Waals surface area contributed by atoms with E-state index in [1.54, 1.807) is 4.90 Å². The highest BCUT2D eigenvalue weighted by Gasteiger charge is 2.20. The Bertz CT molecular complexity index is 372. The molecule has 0 radical (unpaired) electrons. The summed E-state index contributed by atoms with van der Waals surface area (Å²) in [6, 6.07) is 7.95. The second-order valence-corrected chi connectivity index (χ2v) is 4.51. The zero-order valence-corrected chi connectivity index (χ0v) is 10.5. The fourth-order valence-electron chi connectivity index (χ4n) is 1.51. The van der Waals surface area contributed by atoms with E-state index >= 15 is 0 Å². The fourth-order valence-corrected chi connectivity index (χ4v) is 1.51. The van der Waals surface area contributed by atoms with Crippen LogP contribution in [-0.2, 0) is 4.79 Å². The molecule has 2 nitrogen and oxygen atoms in total. The highest BCUT2D eigenvalue weighted by molar-refractivity contribution is 5.83. The van der Waals surface area contributed by atoms with Crippen molar-refractivity contribution >= 4 is 5.91 Å². The lowest BCUT2D eigenvalue weighted by Crippen LogP contribution is -2.35. The molecule has 1 aromatic rings. The maximum absolute atomic E-state index is 12.1. The minimum absolute atomic E-state index is 0.123. The summed E-state index contributed by atoms with van der Waals surface area (Å²) in [5, 5.41) is 0. The first-order valence-electron chi connectivity index (χ1n) is 6.32. The third-order valence-corrected chi connectivity index (χ3v) is 2.97. The average Bonchev–Trinajstić information content (AvgIpc) is 2.36. The number of carbonyl (C=O) groups excluding carboxylic acids is 1. The van der Waals surface area contributed by atoms with Gasteiger partial charge in [-0.1, -0.05) is 29.8 Å². The second kappa shape index (κ2) is 5.15. The Balaban J connectivity index is 2.81. The lowest BCUT2D eigenvalue weighted by Gasteiger charge is -2.25. The van der Waals surface area contributed by atoms with Gasteiger partial charge in [-0.3, -0.25) is 4.79 Å². The van der Waals surface area contributed by atoms with E-state index in [0.717, 1.165) is 11.1 Å². The summed E-state index contributed by atoms with van der Waals surface area (Å²) < 4.78 is 7.26. The molecule has 0 heterocycles. The van der Waals surface area contributed by atoms with Crippen LogP contribution in [0.3, 0.4) is 0 Å². The molecule has 2 heteroatoms. The van der Waals surface area contributed by atoms with Crippen molar-refractivity contribution in [1.82, 2.24) is 4.90 Å². The molecule has 0 saturated carbocycles. The summed E-state index contributed by atoms with van der Waals surface area (Å²) in [7, 11) is 1.83. The number of amides is 1. The van der Waals surface area contributed by atoms with Crippen LogP contribution < -0.4 is 0 Å². The van der Waals surface area contributed by atoms with Gasteiger partial charge in [-0.15, -0.1) is 0 Å². The third kappa shape index (κ3) is 2.84. The van der Waals surface area contributed by atoms with Gasteiger partial charge in [0.2, 0.25) is 5.91 Å². The van der Waals surface area contributed by atoms with Crippen molar-refractivity contribution in [3.05, 3.63) is 35.4 Å². The van der Waals surface area contributed by atoms with Crippen LogP contribution >= 0.6 is 0 Å². The van der Waals surface area contributed by atoms with Crippen LogP contribution in [0.2, 0.25) is 0 Å². The zero-order valence-electron chi connectivity index (χ0n) is 11.5. The Kier molecular flexibility index (Phi) is 3.60. The van der Waals surface area contributed by atoms with Crippen molar-refractivity contribution in [2.75, 3.05) is 7.05 Å². The van der Waals surface area contributed by atoms with Crippen LogP contribution in [0, 0.1) is 6.90 Å². The standard InChI is InChI=1S/C14H21NO/c1-10(2)15(5)14(16)12(4)13-8-6-11(3)7-9-13/h6-10,12H,1-5H3/i3D. The SMILES string of the molecule is [2H]Cc1ccc(C(C)C(=O)N(C)C(C)C)cc1. The molecule has 0 aliphatic rings. The third-order valence-electron chi connectivity index (χ3n) is 2.97. The predicted molar refractivity (Wildman–Crippen MR) is 67.5 cm³/mol. The Morgan fingerprint density at radius 3 is 2.25 bits per heavy atom.